The highest BCUT2D eigenvalue weighted by atomic mass is 35.5. The second-order valence-corrected chi connectivity index (χ2v) is 8.83. The highest BCUT2D eigenvalue weighted by Gasteiger charge is 2.26. The number of pyridine rings is 1. The van der Waals surface area contributed by atoms with E-state index in [1.165, 1.54) is 4.31 Å². The number of rotatable bonds is 5. The van der Waals surface area contributed by atoms with Crippen LogP contribution < -0.4 is 5.32 Å². The van der Waals surface area contributed by atoms with Crippen LogP contribution in [0.5, 0.6) is 0 Å². The third kappa shape index (κ3) is 3.98. The molecule has 0 spiro atoms. The fraction of sp³-hybridized carbons (Fsp3) is 0.250. The van der Waals surface area contributed by atoms with Gasteiger partial charge in [-0.2, -0.15) is 4.31 Å². The quantitative estimate of drug-likeness (QED) is 0.643. The largest absolute Gasteiger partial charge is 0.379 e. The Balaban J connectivity index is 1.46. The Hall–Kier alpha value is -2.19. The molecule has 0 atom stereocenters. The third-order valence-corrected chi connectivity index (χ3v) is 6.90. The summed E-state index contributed by atoms with van der Waals surface area (Å²) in [7, 11) is -3.47. The van der Waals surface area contributed by atoms with E-state index in [4.69, 9.17) is 16.3 Å². The molecular formula is C20H20ClN3O3S. The van der Waals surface area contributed by atoms with Gasteiger partial charge in [-0.3, -0.25) is 0 Å². The molecular weight excluding hydrogens is 398 g/mol. The molecule has 0 radical (unpaired) electrons. The molecule has 0 unspecified atom stereocenters. The number of benzene rings is 2. The van der Waals surface area contributed by atoms with Crippen LogP contribution in [0.2, 0.25) is 5.15 Å². The Morgan fingerprint density at radius 2 is 1.79 bits per heavy atom. The minimum absolute atomic E-state index is 0.296. The monoisotopic (exact) mass is 417 g/mol. The molecule has 6 nitrogen and oxygen atoms in total. The molecule has 1 N–H and O–H groups in total. The number of fused-ring (bicyclic) bond motifs is 1. The summed E-state index contributed by atoms with van der Waals surface area (Å²) in [5.41, 5.74) is 0.951. The lowest BCUT2D eigenvalue weighted by atomic mass is 10.2. The lowest BCUT2D eigenvalue weighted by Gasteiger charge is -2.26. The van der Waals surface area contributed by atoms with Gasteiger partial charge in [-0.15, -0.1) is 0 Å². The molecule has 2 heterocycles. The van der Waals surface area contributed by atoms with E-state index in [1.807, 2.05) is 42.5 Å². The van der Waals surface area contributed by atoms with Crippen LogP contribution in [0.4, 0.5) is 5.82 Å². The second-order valence-electron chi connectivity index (χ2n) is 6.53. The maximum atomic E-state index is 12.7. The van der Waals surface area contributed by atoms with E-state index in [2.05, 4.69) is 10.3 Å². The van der Waals surface area contributed by atoms with Crippen LogP contribution >= 0.6 is 11.6 Å². The van der Waals surface area contributed by atoms with Crippen molar-refractivity contribution in [3.05, 3.63) is 65.3 Å². The molecule has 0 amide bonds. The van der Waals surface area contributed by atoms with Crippen molar-refractivity contribution in [2.75, 3.05) is 31.6 Å². The topological polar surface area (TPSA) is 71.5 Å². The van der Waals surface area contributed by atoms with E-state index >= 15 is 0 Å². The van der Waals surface area contributed by atoms with Crippen molar-refractivity contribution in [3.63, 3.8) is 0 Å². The number of hydrogen-bond donors (Lipinski definition) is 1. The molecule has 1 aromatic heterocycles. The van der Waals surface area contributed by atoms with Crippen molar-refractivity contribution in [2.45, 2.75) is 11.4 Å². The van der Waals surface area contributed by atoms with Crippen LogP contribution in [0.15, 0.2) is 59.5 Å². The zero-order valence-corrected chi connectivity index (χ0v) is 16.7. The van der Waals surface area contributed by atoms with E-state index in [1.54, 1.807) is 12.1 Å². The zero-order chi connectivity index (χ0) is 19.6. The summed E-state index contributed by atoms with van der Waals surface area (Å²) in [6.45, 7) is 2.16. The van der Waals surface area contributed by atoms with Gasteiger partial charge in [-0.05, 0) is 29.1 Å². The van der Waals surface area contributed by atoms with Crippen molar-refractivity contribution in [3.8, 4) is 0 Å². The lowest BCUT2D eigenvalue weighted by Crippen LogP contribution is -2.40. The van der Waals surface area contributed by atoms with Crippen molar-refractivity contribution < 1.29 is 13.2 Å². The van der Waals surface area contributed by atoms with Gasteiger partial charge in [0, 0.05) is 25.0 Å². The number of nitrogens with one attached hydrogen (secondary N) is 1. The highest BCUT2D eigenvalue weighted by Crippen LogP contribution is 2.25. The fourth-order valence-electron chi connectivity index (χ4n) is 3.15. The van der Waals surface area contributed by atoms with Gasteiger partial charge in [0.15, 0.2) is 0 Å². The predicted octanol–water partition coefficient (Wildman–Crippen LogP) is 3.52. The second kappa shape index (κ2) is 8.05. The Bertz CT molecular complexity index is 1080. The Morgan fingerprint density at radius 1 is 1.07 bits per heavy atom. The number of anilines is 1. The molecule has 28 heavy (non-hydrogen) atoms. The Labute approximate surface area is 169 Å². The van der Waals surface area contributed by atoms with Crippen LogP contribution in [-0.2, 0) is 21.3 Å². The van der Waals surface area contributed by atoms with Gasteiger partial charge in [0.1, 0.15) is 11.0 Å². The molecule has 1 aliphatic rings. The van der Waals surface area contributed by atoms with E-state index in [9.17, 15) is 8.42 Å². The van der Waals surface area contributed by atoms with Crippen molar-refractivity contribution in [1.29, 1.82) is 0 Å². The van der Waals surface area contributed by atoms with Gasteiger partial charge >= 0.3 is 0 Å². The first-order chi connectivity index (χ1) is 13.5. The van der Waals surface area contributed by atoms with Crippen LogP contribution in [0.3, 0.4) is 0 Å². The summed E-state index contributed by atoms with van der Waals surface area (Å²) < 4.78 is 32.0. The number of morpholine rings is 1. The average molecular weight is 418 g/mol. The summed E-state index contributed by atoms with van der Waals surface area (Å²) in [6, 6.07) is 16.6. The van der Waals surface area contributed by atoms with Gasteiger partial charge in [0.05, 0.1) is 18.1 Å². The van der Waals surface area contributed by atoms with E-state index in [0.717, 1.165) is 16.3 Å². The van der Waals surface area contributed by atoms with Crippen LogP contribution in [0, 0.1) is 0 Å². The maximum absolute atomic E-state index is 12.7. The smallest absolute Gasteiger partial charge is 0.243 e. The summed E-state index contributed by atoms with van der Waals surface area (Å²) in [5, 5.41) is 5.62. The molecule has 0 bridgehead atoms. The van der Waals surface area contributed by atoms with Crippen molar-refractivity contribution in [1.82, 2.24) is 9.29 Å². The van der Waals surface area contributed by atoms with Gasteiger partial charge in [-0.1, -0.05) is 48.0 Å². The van der Waals surface area contributed by atoms with Crippen LogP contribution in [0.1, 0.15) is 5.56 Å². The Morgan fingerprint density at radius 3 is 2.54 bits per heavy atom. The predicted molar refractivity (Wildman–Crippen MR) is 110 cm³/mol. The summed E-state index contributed by atoms with van der Waals surface area (Å²) in [5.74, 6) is 0.675. The van der Waals surface area contributed by atoms with E-state index < -0.39 is 10.0 Å². The lowest BCUT2D eigenvalue weighted by molar-refractivity contribution is 0.0730. The number of halogens is 1. The van der Waals surface area contributed by atoms with Gasteiger partial charge in [0.2, 0.25) is 10.0 Å². The first-order valence-electron chi connectivity index (χ1n) is 9.00. The van der Waals surface area contributed by atoms with Gasteiger partial charge < -0.3 is 10.1 Å². The molecule has 3 aromatic rings. The molecule has 0 saturated carbocycles. The standard InChI is InChI=1S/C20H20ClN3O3S/c21-20-18-4-2-1-3-16(18)13-19(23-20)22-14-15-5-7-17(8-6-15)28(25,26)24-9-11-27-12-10-24/h1-8,13H,9-12,14H2,(H,22,23). The molecule has 4 rings (SSSR count). The van der Waals surface area contributed by atoms with Crippen molar-refractivity contribution in [2.24, 2.45) is 0 Å². The normalized spacial score (nSPS) is 15.6. The third-order valence-electron chi connectivity index (χ3n) is 4.70. The minimum Gasteiger partial charge on any atom is -0.379 e. The molecule has 2 aromatic carbocycles. The zero-order valence-electron chi connectivity index (χ0n) is 15.1. The molecule has 146 valence electrons. The van der Waals surface area contributed by atoms with E-state index in [0.29, 0.717) is 48.7 Å². The maximum Gasteiger partial charge on any atom is 0.243 e. The molecule has 1 aliphatic heterocycles. The number of ether oxygens (including phenoxy) is 1. The average Bonchev–Trinajstić information content (AvgIpc) is 2.73. The highest BCUT2D eigenvalue weighted by molar-refractivity contribution is 7.89. The summed E-state index contributed by atoms with van der Waals surface area (Å²) in [6.07, 6.45) is 0. The van der Waals surface area contributed by atoms with Crippen molar-refractivity contribution >= 4 is 38.2 Å². The fourth-order valence-corrected chi connectivity index (χ4v) is 4.83. The Kier molecular flexibility index (Phi) is 5.50. The number of hydrogen-bond acceptors (Lipinski definition) is 5. The summed E-state index contributed by atoms with van der Waals surface area (Å²) in [4.78, 5) is 4.67. The summed E-state index contributed by atoms with van der Waals surface area (Å²) >= 11 is 6.26. The number of sulfonamides is 1. The van der Waals surface area contributed by atoms with Crippen LogP contribution in [0.25, 0.3) is 10.8 Å². The molecule has 8 heteroatoms. The van der Waals surface area contributed by atoms with E-state index in [-0.39, 0.29) is 0 Å². The first-order valence-corrected chi connectivity index (χ1v) is 10.8. The SMILES string of the molecule is O=S(=O)(c1ccc(CNc2cc3ccccc3c(Cl)n2)cc1)N1CCOCC1. The number of aromatic nitrogens is 1. The molecule has 0 aliphatic carbocycles. The van der Waals surface area contributed by atoms with Gasteiger partial charge in [0.25, 0.3) is 0 Å². The molecule has 1 saturated heterocycles. The first kappa shape index (κ1) is 19.1. The minimum atomic E-state index is -3.47. The number of nitrogens with zero attached hydrogens (tertiary/aromatic N) is 2. The van der Waals surface area contributed by atoms with Gasteiger partial charge in [-0.25, -0.2) is 13.4 Å². The van der Waals surface area contributed by atoms with Crippen LogP contribution in [-0.4, -0.2) is 44.0 Å². The molecule has 1 fully saturated rings.